The van der Waals surface area contributed by atoms with Crippen LogP contribution < -0.4 is 20.3 Å². The first kappa shape index (κ1) is 21.9. The van der Waals surface area contributed by atoms with Gasteiger partial charge in [-0.05, 0) is 58.7 Å². The van der Waals surface area contributed by atoms with Crippen molar-refractivity contribution in [1.29, 1.82) is 0 Å². The molecule has 3 rings (SSSR count). The number of ether oxygens (including phenoxy) is 2. The minimum atomic E-state index is -0.510. The van der Waals surface area contributed by atoms with E-state index < -0.39 is 11.8 Å². The Balaban J connectivity index is 1.61. The van der Waals surface area contributed by atoms with Crippen molar-refractivity contribution in [3.63, 3.8) is 0 Å². The lowest BCUT2D eigenvalue weighted by Crippen LogP contribution is -2.43. The zero-order chi connectivity index (χ0) is 21.1. The van der Waals surface area contributed by atoms with Crippen LogP contribution in [0, 0.1) is 6.92 Å². The smallest absolute Gasteiger partial charge is 0.281 e. The summed E-state index contributed by atoms with van der Waals surface area (Å²) in [5, 5.41) is 1.07. The van der Waals surface area contributed by atoms with Crippen molar-refractivity contribution in [3.8, 4) is 11.5 Å². The molecule has 10 heteroatoms. The first-order valence-corrected chi connectivity index (χ1v) is 11.0. The Bertz CT molecular complexity index is 1080. The number of carbonyl (C=O) groups excluding carboxylic acids is 2. The SMILES string of the molecule is COc1ccc2c(Cl)c(C(=O)NNC(=O)COc3c(C)cc(Br)cc3Br)sc2c1. The molecule has 6 nitrogen and oxygen atoms in total. The monoisotopic (exact) mass is 560 g/mol. The number of fused-ring (bicyclic) bond motifs is 1. The summed E-state index contributed by atoms with van der Waals surface area (Å²) in [6.07, 6.45) is 0. The molecule has 0 spiro atoms. The highest BCUT2D eigenvalue weighted by Crippen LogP contribution is 2.37. The van der Waals surface area contributed by atoms with E-state index in [4.69, 9.17) is 21.1 Å². The molecule has 0 fully saturated rings. The normalized spacial score (nSPS) is 10.7. The van der Waals surface area contributed by atoms with E-state index in [0.717, 1.165) is 20.1 Å². The van der Waals surface area contributed by atoms with Crippen LogP contribution in [0.25, 0.3) is 10.1 Å². The van der Waals surface area contributed by atoms with Gasteiger partial charge in [0.1, 0.15) is 16.4 Å². The molecule has 0 aliphatic heterocycles. The van der Waals surface area contributed by atoms with Gasteiger partial charge in [0, 0.05) is 14.6 Å². The van der Waals surface area contributed by atoms with Crippen molar-refractivity contribution >= 4 is 76.7 Å². The van der Waals surface area contributed by atoms with Crippen LogP contribution in [-0.4, -0.2) is 25.5 Å². The molecule has 0 aliphatic carbocycles. The number of hydrogen-bond donors (Lipinski definition) is 2. The second-order valence-corrected chi connectivity index (χ2v) is 9.13. The van der Waals surface area contributed by atoms with Crippen LogP contribution in [0.1, 0.15) is 15.2 Å². The van der Waals surface area contributed by atoms with Gasteiger partial charge in [0.05, 0.1) is 16.6 Å². The Morgan fingerprint density at radius 3 is 2.62 bits per heavy atom. The maximum Gasteiger partial charge on any atom is 0.281 e. The molecule has 1 aromatic heterocycles. The summed E-state index contributed by atoms with van der Waals surface area (Å²) in [6, 6.07) is 9.05. The van der Waals surface area contributed by atoms with Crippen molar-refractivity contribution in [2.24, 2.45) is 0 Å². The third-order valence-electron chi connectivity index (χ3n) is 3.90. The van der Waals surface area contributed by atoms with Gasteiger partial charge in [0.15, 0.2) is 6.61 Å². The number of methoxy groups -OCH3 is 1. The van der Waals surface area contributed by atoms with Crippen LogP contribution in [0.5, 0.6) is 11.5 Å². The predicted molar refractivity (Wildman–Crippen MR) is 121 cm³/mol. The molecule has 0 saturated heterocycles. The van der Waals surface area contributed by atoms with Crippen molar-refractivity contribution in [3.05, 3.63) is 54.7 Å². The van der Waals surface area contributed by atoms with Crippen molar-refractivity contribution in [1.82, 2.24) is 10.9 Å². The summed E-state index contributed by atoms with van der Waals surface area (Å²) >= 11 is 14.3. The number of carbonyl (C=O) groups is 2. The Morgan fingerprint density at radius 1 is 1.17 bits per heavy atom. The quantitative estimate of drug-likeness (QED) is 0.418. The molecule has 0 bridgehead atoms. The molecule has 3 aromatic rings. The van der Waals surface area contributed by atoms with Gasteiger partial charge in [-0.3, -0.25) is 20.4 Å². The van der Waals surface area contributed by atoms with Crippen LogP contribution in [0.2, 0.25) is 5.02 Å². The second-order valence-electron chi connectivity index (χ2n) is 5.93. The molecule has 1 heterocycles. The summed E-state index contributed by atoms with van der Waals surface area (Å²) in [5.74, 6) is 0.203. The number of hydrazine groups is 1. The highest BCUT2D eigenvalue weighted by molar-refractivity contribution is 9.11. The predicted octanol–water partition coefficient (Wildman–Crippen LogP) is 5.24. The second kappa shape index (κ2) is 9.34. The molecule has 0 atom stereocenters. The zero-order valence-electron chi connectivity index (χ0n) is 15.3. The number of aryl methyl sites for hydroxylation is 1. The highest BCUT2D eigenvalue weighted by atomic mass is 79.9. The lowest BCUT2D eigenvalue weighted by molar-refractivity contribution is -0.123. The van der Waals surface area contributed by atoms with Gasteiger partial charge in [-0.15, -0.1) is 11.3 Å². The fourth-order valence-corrected chi connectivity index (χ4v) is 5.54. The average molecular weight is 563 g/mol. The van der Waals surface area contributed by atoms with Gasteiger partial charge in [-0.1, -0.05) is 27.5 Å². The number of amides is 2. The molecule has 0 aliphatic rings. The van der Waals surface area contributed by atoms with E-state index in [9.17, 15) is 9.59 Å². The van der Waals surface area contributed by atoms with E-state index in [1.165, 1.54) is 11.3 Å². The van der Waals surface area contributed by atoms with E-state index in [2.05, 4.69) is 42.7 Å². The Morgan fingerprint density at radius 2 is 1.93 bits per heavy atom. The summed E-state index contributed by atoms with van der Waals surface area (Å²) < 4.78 is 13.2. The zero-order valence-corrected chi connectivity index (χ0v) is 20.0. The topological polar surface area (TPSA) is 76.7 Å². The van der Waals surface area contributed by atoms with E-state index >= 15 is 0 Å². The van der Waals surface area contributed by atoms with Gasteiger partial charge in [-0.2, -0.15) is 0 Å². The van der Waals surface area contributed by atoms with Crippen LogP contribution in [0.15, 0.2) is 39.3 Å². The average Bonchev–Trinajstić information content (AvgIpc) is 3.01. The molecule has 2 amide bonds. The third-order valence-corrected chi connectivity index (χ3v) is 6.60. The largest absolute Gasteiger partial charge is 0.497 e. The van der Waals surface area contributed by atoms with Crippen molar-refractivity contribution < 1.29 is 19.1 Å². The number of nitrogens with one attached hydrogen (secondary N) is 2. The molecule has 2 aromatic carbocycles. The Kier molecular flexibility index (Phi) is 7.05. The summed E-state index contributed by atoms with van der Waals surface area (Å²) in [5.41, 5.74) is 5.55. The molecule has 0 radical (unpaired) electrons. The molecular formula is C19H15Br2ClN2O4S. The standard InChI is InChI=1S/C19H15Br2ClN2O4S/c1-9-5-10(20)6-13(21)17(9)28-8-15(25)23-24-19(26)18-16(22)12-4-3-11(27-2)7-14(12)29-18/h3-7H,8H2,1-2H3,(H,23,25)(H,24,26). The highest BCUT2D eigenvalue weighted by Gasteiger charge is 2.18. The molecule has 152 valence electrons. The lowest BCUT2D eigenvalue weighted by atomic mass is 10.2. The van der Waals surface area contributed by atoms with E-state index in [1.807, 2.05) is 19.1 Å². The van der Waals surface area contributed by atoms with E-state index in [-0.39, 0.29) is 6.61 Å². The fourth-order valence-electron chi connectivity index (χ4n) is 2.55. The summed E-state index contributed by atoms with van der Waals surface area (Å²) in [7, 11) is 1.57. The van der Waals surface area contributed by atoms with Gasteiger partial charge < -0.3 is 9.47 Å². The molecule has 2 N–H and O–H groups in total. The minimum absolute atomic E-state index is 0.265. The maximum absolute atomic E-state index is 12.4. The number of rotatable bonds is 5. The lowest BCUT2D eigenvalue weighted by Gasteiger charge is -2.12. The van der Waals surface area contributed by atoms with Crippen molar-refractivity contribution in [2.75, 3.05) is 13.7 Å². The third kappa shape index (κ3) is 5.03. The number of halogens is 3. The van der Waals surface area contributed by atoms with Gasteiger partial charge >= 0.3 is 0 Å². The van der Waals surface area contributed by atoms with Gasteiger partial charge in [-0.25, -0.2) is 0 Å². The fraction of sp³-hybridized carbons (Fsp3) is 0.158. The van der Waals surface area contributed by atoms with Gasteiger partial charge in [0.25, 0.3) is 11.8 Å². The first-order valence-electron chi connectivity index (χ1n) is 8.23. The number of thiophene rings is 1. The summed E-state index contributed by atoms with van der Waals surface area (Å²) in [6.45, 7) is 1.60. The van der Waals surface area contributed by atoms with Gasteiger partial charge in [0.2, 0.25) is 0 Å². The maximum atomic E-state index is 12.4. The Hall–Kier alpha value is -1.81. The van der Waals surface area contributed by atoms with Crippen LogP contribution >= 0.6 is 54.8 Å². The van der Waals surface area contributed by atoms with E-state index in [0.29, 0.717) is 25.9 Å². The molecule has 0 saturated carbocycles. The number of hydrogen-bond acceptors (Lipinski definition) is 5. The number of benzene rings is 2. The van der Waals surface area contributed by atoms with Crippen LogP contribution in [-0.2, 0) is 4.79 Å². The van der Waals surface area contributed by atoms with Crippen LogP contribution in [0.3, 0.4) is 0 Å². The van der Waals surface area contributed by atoms with Crippen LogP contribution in [0.4, 0.5) is 0 Å². The molecule has 0 unspecified atom stereocenters. The Labute approximate surface area is 192 Å². The van der Waals surface area contributed by atoms with E-state index in [1.54, 1.807) is 25.3 Å². The first-order chi connectivity index (χ1) is 13.8. The van der Waals surface area contributed by atoms with Crippen molar-refractivity contribution in [2.45, 2.75) is 6.92 Å². The minimum Gasteiger partial charge on any atom is -0.497 e. The molecular weight excluding hydrogens is 548 g/mol. The molecule has 29 heavy (non-hydrogen) atoms. The summed E-state index contributed by atoms with van der Waals surface area (Å²) in [4.78, 5) is 24.8.